The number of carbonyl (C=O) groups excluding carboxylic acids is 1. The molecule has 118 valence electrons. The van der Waals surface area contributed by atoms with Gasteiger partial charge >= 0.3 is 18.0 Å². The Morgan fingerprint density at radius 2 is 1.95 bits per heavy atom. The van der Waals surface area contributed by atoms with Gasteiger partial charge in [-0.05, 0) is 32.2 Å². The Morgan fingerprint density at radius 3 is 2.62 bits per heavy atom. The molecule has 0 saturated carbocycles. The highest BCUT2D eigenvalue weighted by Gasteiger charge is 2.38. The first-order valence-electron chi connectivity index (χ1n) is 7.23. The first kappa shape index (κ1) is 15.6. The molecule has 4 N–H and O–H groups in total. The summed E-state index contributed by atoms with van der Waals surface area (Å²) in [6.45, 7) is 2.01. The number of carboxylic acid groups (broad SMARTS) is 2. The maximum atomic E-state index is 11.9. The number of carboxylic acids is 2. The van der Waals surface area contributed by atoms with Gasteiger partial charge in [0.2, 0.25) is 0 Å². The second-order valence-corrected chi connectivity index (χ2v) is 5.58. The van der Waals surface area contributed by atoms with E-state index >= 15 is 0 Å². The topological polar surface area (TPSA) is 119 Å². The molecule has 0 aromatic rings. The van der Waals surface area contributed by atoms with E-state index in [4.69, 9.17) is 10.2 Å². The monoisotopic (exact) mass is 299 g/mol. The number of aliphatic carboxylic acids is 2. The maximum absolute atomic E-state index is 11.9. The Labute approximate surface area is 122 Å². The lowest BCUT2D eigenvalue weighted by molar-refractivity contribution is -0.140. The van der Waals surface area contributed by atoms with Crippen LogP contribution in [0, 0.1) is 0 Å². The fourth-order valence-corrected chi connectivity index (χ4v) is 3.14. The summed E-state index contributed by atoms with van der Waals surface area (Å²) >= 11 is 0. The fourth-order valence-electron chi connectivity index (χ4n) is 3.14. The summed E-state index contributed by atoms with van der Waals surface area (Å²) in [6.07, 6.45) is 2.62. The third-order valence-electron chi connectivity index (χ3n) is 4.17. The highest BCUT2D eigenvalue weighted by atomic mass is 16.4. The van der Waals surface area contributed by atoms with Crippen LogP contribution in [0.4, 0.5) is 4.79 Å². The highest BCUT2D eigenvalue weighted by molar-refractivity contribution is 5.83. The molecule has 2 aliphatic rings. The lowest BCUT2D eigenvalue weighted by Crippen LogP contribution is -2.51. The van der Waals surface area contributed by atoms with Gasteiger partial charge in [-0.3, -0.25) is 9.69 Å². The Hall–Kier alpha value is -1.83. The van der Waals surface area contributed by atoms with Crippen LogP contribution in [0.2, 0.25) is 0 Å². The molecule has 0 aromatic carbocycles. The number of hydrogen-bond donors (Lipinski definition) is 4. The molecule has 2 saturated heterocycles. The number of urea groups is 1. The molecule has 0 bridgehead atoms. The number of carbonyl (C=O) groups is 3. The fraction of sp³-hybridized carbons (Fsp3) is 0.769. The van der Waals surface area contributed by atoms with E-state index in [0.29, 0.717) is 6.04 Å². The standard InChI is InChI=1S/C13H21N3O5/c17-11(18)4-3-9(12(19)20)15-13(21)14-8-5-7-16-6-1-2-10(8)16/h8-10H,1-7H2,(H,17,18)(H,19,20)(H2,14,15,21)/t8?,9-,10?/m0/s1. The first-order chi connectivity index (χ1) is 9.97. The van der Waals surface area contributed by atoms with Crippen molar-refractivity contribution in [2.45, 2.75) is 50.2 Å². The second kappa shape index (κ2) is 6.75. The van der Waals surface area contributed by atoms with E-state index < -0.39 is 24.0 Å². The number of nitrogens with one attached hydrogen (secondary N) is 2. The molecule has 3 atom stereocenters. The summed E-state index contributed by atoms with van der Waals surface area (Å²) in [4.78, 5) is 35.7. The predicted molar refractivity (Wildman–Crippen MR) is 73.0 cm³/mol. The molecule has 2 aliphatic heterocycles. The summed E-state index contributed by atoms with van der Waals surface area (Å²) in [6, 6.07) is -1.33. The summed E-state index contributed by atoms with van der Waals surface area (Å²) in [5, 5.41) is 22.8. The minimum absolute atomic E-state index is 0.0430. The van der Waals surface area contributed by atoms with Crippen molar-refractivity contribution in [1.29, 1.82) is 0 Å². The Bertz CT molecular complexity index is 428. The average Bonchev–Trinajstić information content (AvgIpc) is 2.99. The van der Waals surface area contributed by atoms with E-state index in [2.05, 4.69) is 15.5 Å². The molecule has 2 fully saturated rings. The van der Waals surface area contributed by atoms with E-state index in [1.807, 2.05) is 0 Å². The molecule has 0 radical (unpaired) electrons. The van der Waals surface area contributed by atoms with Gasteiger partial charge in [0.05, 0.1) is 0 Å². The number of fused-ring (bicyclic) bond motifs is 1. The Kier molecular flexibility index (Phi) is 5.00. The predicted octanol–water partition coefficient (Wildman–Crippen LogP) is -0.160. The smallest absolute Gasteiger partial charge is 0.326 e. The zero-order valence-electron chi connectivity index (χ0n) is 11.7. The van der Waals surface area contributed by atoms with E-state index in [0.717, 1.165) is 32.4 Å². The Morgan fingerprint density at radius 1 is 1.19 bits per heavy atom. The molecular weight excluding hydrogens is 278 g/mol. The largest absolute Gasteiger partial charge is 0.481 e. The van der Waals surface area contributed by atoms with Crippen LogP contribution < -0.4 is 10.6 Å². The normalized spacial score (nSPS) is 26.1. The minimum Gasteiger partial charge on any atom is -0.481 e. The van der Waals surface area contributed by atoms with Gasteiger partial charge in [0.1, 0.15) is 6.04 Å². The van der Waals surface area contributed by atoms with Gasteiger partial charge < -0.3 is 20.8 Å². The number of amides is 2. The zero-order valence-corrected chi connectivity index (χ0v) is 11.7. The zero-order chi connectivity index (χ0) is 15.4. The van der Waals surface area contributed by atoms with Crippen molar-refractivity contribution in [3.63, 3.8) is 0 Å². The van der Waals surface area contributed by atoms with Crippen molar-refractivity contribution < 1.29 is 24.6 Å². The van der Waals surface area contributed by atoms with Gasteiger partial charge in [0.15, 0.2) is 0 Å². The van der Waals surface area contributed by atoms with E-state index in [9.17, 15) is 14.4 Å². The third kappa shape index (κ3) is 4.07. The second-order valence-electron chi connectivity index (χ2n) is 5.58. The van der Waals surface area contributed by atoms with Gasteiger partial charge in [0, 0.05) is 25.0 Å². The van der Waals surface area contributed by atoms with Crippen LogP contribution >= 0.6 is 0 Å². The molecule has 0 aliphatic carbocycles. The molecule has 2 amide bonds. The first-order valence-corrected chi connectivity index (χ1v) is 7.23. The van der Waals surface area contributed by atoms with Crippen molar-refractivity contribution in [2.75, 3.05) is 13.1 Å². The molecular formula is C13H21N3O5. The van der Waals surface area contributed by atoms with Gasteiger partial charge in [0.25, 0.3) is 0 Å². The van der Waals surface area contributed by atoms with Crippen molar-refractivity contribution in [3.8, 4) is 0 Å². The van der Waals surface area contributed by atoms with Crippen LogP contribution in [-0.2, 0) is 9.59 Å². The van der Waals surface area contributed by atoms with E-state index in [1.165, 1.54) is 0 Å². The number of hydrogen-bond acceptors (Lipinski definition) is 4. The van der Waals surface area contributed by atoms with Gasteiger partial charge in [-0.2, -0.15) is 0 Å². The van der Waals surface area contributed by atoms with Crippen LogP contribution in [-0.4, -0.2) is 64.3 Å². The summed E-state index contributed by atoms with van der Waals surface area (Å²) < 4.78 is 0. The van der Waals surface area contributed by atoms with E-state index in [1.54, 1.807) is 0 Å². The SMILES string of the molecule is O=C(O)CC[C@H](NC(=O)NC1CCN2CCCC12)C(=O)O. The third-order valence-corrected chi connectivity index (χ3v) is 4.17. The van der Waals surface area contributed by atoms with Crippen molar-refractivity contribution in [1.82, 2.24) is 15.5 Å². The minimum atomic E-state index is -1.22. The molecule has 0 spiro atoms. The van der Waals surface area contributed by atoms with Crippen LogP contribution in [0.25, 0.3) is 0 Å². The lowest BCUT2D eigenvalue weighted by atomic mass is 10.1. The molecule has 8 heteroatoms. The number of rotatable bonds is 6. The van der Waals surface area contributed by atoms with Crippen molar-refractivity contribution >= 4 is 18.0 Å². The average molecular weight is 299 g/mol. The van der Waals surface area contributed by atoms with Crippen LogP contribution in [0.5, 0.6) is 0 Å². The molecule has 0 aromatic heterocycles. The summed E-state index contributed by atoms with van der Waals surface area (Å²) in [5.41, 5.74) is 0. The van der Waals surface area contributed by atoms with Gasteiger partial charge in [-0.25, -0.2) is 9.59 Å². The van der Waals surface area contributed by atoms with E-state index in [-0.39, 0.29) is 18.9 Å². The van der Waals surface area contributed by atoms with Crippen LogP contribution in [0.1, 0.15) is 32.1 Å². The quantitative estimate of drug-likeness (QED) is 0.541. The highest BCUT2D eigenvalue weighted by Crippen LogP contribution is 2.27. The maximum Gasteiger partial charge on any atom is 0.326 e. The summed E-state index contributed by atoms with van der Waals surface area (Å²) in [7, 11) is 0. The molecule has 2 rings (SSSR count). The lowest BCUT2D eigenvalue weighted by Gasteiger charge is -2.22. The van der Waals surface area contributed by atoms with Crippen molar-refractivity contribution in [2.24, 2.45) is 0 Å². The molecule has 8 nitrogen and oxygen atoms in total. The van der Waals surface area contributed by atoms with Crippen molar-refractivity contribution in [3.05, 3.63) is 0 Å². The van der Waals surface area contributed by atoms with Gasteiger partial charge in [-0.15, -0.1) is 0 Å². The number of nitrogens with zero attached hydrogens (tertiary/aromatic N) is 1. The molecule has 21 heavy (non-hydrogen) atoms. The summed E-state index contributed by atoms with van der Waals surface area (Å²) in [5.74, 6) is -2.30. The van der Waals surface area contributed by atoms with Crippen LogP contribution in [0.3, 0.4) is 0 Å². The Balaban J connectivity index is 1.81. The van der Waals surface area contributed by atoms with Crippen LogP contribution in [0.15, 0.2) is 0 Å². The molecule has 2 unspecified atom stereocenters. The molecule has 2 heterocycles. The van der Waals surface area contributed by atoms with Gasteiger partial charge in [-0.1, -0.05) is 0 Å².